The molecule has 0 aliphatic carbocycles. The van der Waals surface area contributed by atoms with Gasteiger partial charge in [-0.2, -0.15) is 0 Å². The van der Waals surface area contributed by atoms with E-state index in [-0.39, 0.29) is 18.2 Å². The summed E-state index contributed by atoms with van der Waals surface area (Å²) in [6.45, 7) is 5.53. The highest BCUT2D eigenvalue weighted by Crippen LogP contribution is 2.36. The Morgan fingerprint density at radius 1 is 1.29 bits per heavy atom. The van der Waals surface area contributed by atoms with Crippen molar-refractivity contribution < 1.29 is 19.1 Å². The summed E-state index contributed by atoms with van der Waals surface area (Å²) in [7, 11) is 0. The number of rotatable bonds is 5. The number of nitrogens with zero attached hydrogens (tertiary/aromatic N) is 3. The lowest BCUT2D eigenvalue weighted by molar-refractivity contribution is -0.122. The largest absolute Gasteiger partial charge is 0.486 e. The quantitative estimate of drug-likeness (QED) is 0.826. The molecule has 9 heteroatoms. The highest BCUT2D eigenvalue weighted by atomic mass is 32.1. The van der Waals surface area contributed by atoms with E-state index in [4.69, 9.17) is 9.47 Å². The van der Waals surface area contributed by atoms with Crippen LogP contribution in [-0.4, -0.2) is 41.8 Å². The third kappa shape index (κ3) is 3.94. The van der Waals surface area contributed by atoms with Gasteiger partial charge in [0, 0.05) is 31.1 Å². The summed E-state index contributed by atoms with van der Waals surface area (Å²) in [5.41, 5.74) is 0.708. The van der Waals surface area contributed by atoms with E-state index in [1.807, 2.05) is 6.07 Å². The van der Waals surface area contributed by atoms with Gasteiger partial charge in [0.1, 0.15) is 18.2 Å². The van der Waals surface area contributed by atoms with Crippen molar-refractivity contribution in [3.8, 4) is 11.5 Å². The second-order valence-corrected chi connectivity index (χ2v) is 8.38. The Labute approximate surface area is 166 Å². The van der Waals surface area contributed by atoms with Crippen molar-refractivity contribution in [1.29, 1.82) is 0 Å². The number of amides is 2. The maximum absolute atomic E-state index is 12.6. The van der Waals surface area contributed by atoms with E-state index >= 15 is 0 Å². The van der Waals surface area contributed by atoms with Gasteiger partial charge in [-0.25, -0.2) is 0 Å². The molecule has 0 radical (unpaired) electrons. The van der Waals surface area contributed by atoms with Crippen LogP contribution in [0.5, 0.6) is 11.5 Å². The lowest BCUT2D eigenvalue weighted by atomic mass is 10.1. The second-order valence-electron chi connectivity index (χ2n) is 7.32. The molecule has 0 bridgehead atoms. The summed E-state index contributed by atoms with van der Waals surface area (Å²) in [5, 5.41) is 12.3. The average Bonchev–Trinajstić information content (AvgIpc) is 3.27. The second kappa shape index (κ2) is 7.75. The molecule has 2 aliphatic heterocycles. The van der Waals surface area contributed by atoms with Gasteiger partial charge in [-0.1, -0.05) is 25.2 Å². The van der Waals surface area contributed by atoms with Crippen LogP contribution in [0.4, 0.5) is 10.8 Å². The van der Waals surface area contributed by atoms with Gasteiger partial charge in [0.25, 0.3) is 0 Å². The Bertz CT molecular complexity index is 898. The predicted molar refractivity (Wildman–Crippen MR) is 105 cm³/mol. The number of carbonyl (C=O) groups excluding carboxylic acids is 2. The van der Waals surface area contributed by atoms with E-state index in [0.29, 0.717) is 48.0 Å². The van der Waals surface area contributed by atoms with Gasteiger partial charge in [-0.15, -0.1) is 10.2 Å². The Hall–Kier alpha value is -2.68. The summed E-state index contributed by atoms with van der Waals surface area (Å²) >= 11 is 1.38. The number of fused-ring (bicyclic) bond motifs is 1. The third-order valence-electron chi connectivity index (χ3n) is 4.61. The lowest BCUT2D eigenvalue weighted by Crippen LogP contribution is -2.28. The van der Waals surface area contributed by atoms with Crippen molar-refractivity contribution in [2.45, 2.75) is 26.7 Å². The number of carbonyl (C=O) groups is 2. The van der Waals surface area contributed by atoms with Crippen LogP contribution < -0.4 is 19.7 Å². The number of benzene rings is 1. The van der Waals surface area contributed by atoms with Crippen LogP contribution in [-0.2, 0) is 16.0 Å². The zero-order valence-electron chi connectivity index (χ0n) is 15.8. The van der Waals surface area contributed by atoms with Crippen molar-refractivity contribution in [2.75, 3.05) is 30.0 Å². The molecule has 28 heavy (non-hydrogen) atoms. The minimum atomic E-state index is -0.432. The standard InChI is InChI=1S/C19H22N4O4S/c1-11(2)7-16-21-22-19(28-16)20-18(25)12-8-17(24)23(10-12)13-3-4-14-15(9-13)27-6-5-26-14/h3-4,9,11-12H,5-8,10H2,1-2H3,(H,20,22,25)/t12-/m1/s1. The molecule has 3 heterocycles. The molecule has 0 saturated carbocycles. The fraction of sp³-hybridized carbons (Fsp3) is 0.474. The maximum atomic E-state index is 12.6. The van der Waals surface area contributed by atoms with Gasteiger partial charge < -0.3 is 19.7 Å². The molecule has 1 aromatic heterocycles. The molecule has 1 fully saturated rings. The third-order valence-corrected chi connectivity index (χ3v) is 5.47. The summed E-state index contributed by atoms with van der Waals surface area (Å²) < 4.78 is 11.1. The first kappa shape index (κ1) is 18.7. The van der Waals surface area contributed by atoms with Crippen LogP contribution in [0.2, 0.25) is 0 Å². The fourth-order valence-corrected chi connectivity index (χ4v) is 4.23. The first-order valence-electron chi connectivity index (χ1n) is 9.33. The van der Waals surface area contributed by atoms with Crippen LogP contribution in [0, 0.1) is 11.8 Å². The smallest absolute Gasteiger partial charge is 0.231 e. The zero-order chi connectivity index (χ0) is 19.7. The molecule has 0 unspecified atom stereocenters. The maximum Gasteiger partial charge on any atom is 0.231 e. The monoisotopic (exact) mass is 402 g/mol. The van der Waals surface area contributed by atoms with Crippen molar-refractivity contribution in [2.24, 2.45) is 11.8 Å². The fourth-order valence-electron chi connectivity index (χ4n) is 3.28. The van der Waals surface area contributed by atoms with Crippen molar-refractivity contribution in [1.82, 2.24) is 10.2 Å². The molecule has 2 amide bonds. The molecule has 8 nitrogen and oxygen atoms in total. The Morgan fingerprint density at radius 3 is 2.86 bits per heavy atom. The summed E-state index contributed by atoms with van der Waals surface area (Å²) in [4.78, 5) is 26.7. The minimum Gasteiger partial charge on any atom is -0.486 e. The number of ether oxygens (including phenoxy) is 2. The molecule has 2 aromatic rings. The van der Waals surface area contributed by atoms with E-state index < -0.39 is 5.92 Å². The summed E-state index contributed by atoms with van der Waals surface area (Å²) in [5.74, 6) is 1.04. The van der Waals surface area contributed by atoms with Crippen LogP contribution in [0.1, 0.15) is 25.3 Å². The van der Waals surface area contributed by atoms with Gasteiger partial charge in [0.05, 0.1) is 5.92 Å². The molecular weight excluding hydrogens is 380 g/mol. The number of anilines is 2. The number of aromatic nitrogens is 2. The van der Waals surface area contributed by atoms with Crippen molar-refractivity contribution in [3.05, 3.63) is 23.2 Å². The van der Waals surface area contributed by atoms with Gasteiger partial charge in [-0.3, -0.25) is 9.59 Å². The molecule has 2 aliphatic rings. The highest BCUT2D eigenvalue weighted by Gasteiger charge is 2.36. The summed E-state index contributed by atoms with van der Waals surface area (Å²) in [6, 6.07) is 5.40. The molecule has 0 spiro atoms. The SMILES string of the molecule is CC(C)Cc1nnc(NC(=O)[C@@H]2CC(=O)N(c3ccc4c(c3)OCCO4)C2)s1. The summed E-state index contributed by atoms with van der Waals surface area (Å²) in [6.07, 6.45) is 0.991. The minimum absolute atomic E-state index is 0.0883. The molecule has 1 aromatic carbocycles. The Balaban J connectivity index is 1.41. The van der Waals surface area contributed by atoms with Gasteiger partial charge in [0.15, 0.2) is 11.5 Å². The van der Waals surface area contributed by atoms with E-state index in [1.54, 1.807) is 17.0 Å². The first-order chi connectivity index (χ1) is 13.5. The van der Waals surface area contributed by atoms with Gasteiger partial charge >= 0.3 is 0 Å². The van der Waals surface area contributed by atoms with E-state index in [9.17, 15) is 9.59 Å². The first-order valence-corrected chi connectivity index (χ1v) is 10.1. The molecule has 148 valence electrons. The van der Waals surface area contributed by atoms with E-state index in [2.05, 4.69) is 29.4 Å². The number of nitrogens with one attached hydrogen (secondary N) is 1. The molecular formula is C19H22N4O4S. The normalized spacial score (nSPS) is 18.6. The number of hydrogen-bond donors (Lipinski definition) is 1. The topological polar surface area (TPSA) is 93.7 Å². The van der Waals surface area contributed by atoms with E-state index in [0.717, 1.165) is 11.4 Å². The molecule has 1 saturated heterocycles. The lowest BCUT2D eigenvalue weighted by Gasteiger charge is -2.22. The van der Waals surface area contributed by atoms with Crippen LogP contribution in [0.15, 0.2) is 18.2 Å². The Kier molecular flexibility index (Phi) is 5.17. The van der Waals surface area contributed by atoms with Crippen molar-refractivity contribution >= 4 is 34.0 Å². The van der Waals surface area contributed by atoms with Gasteiger partial charge in [0.2, 0.25) is 16.9 Å². The molecule has 4 rings (SSSR count). The Morgan fingerprint density at radius 2 is 2.07 bits per heavy atom. The predicted octanol–water partition coefficient (Wildman–Crippen LogP) is 2.50. The highest BCUT2D eigenvalue weighted by molar-refractivity contribution is 7.15. The number of hydrogen-bond acceptors (Lipinski definition) is 7. The van der Waals surface area contributed by atoms with Crippen LogP contribution in [0.3, 0.4) is 0 Å². The van der Waals surface area contributed by atoms with Crippen molar-refractivity contribution in [3.63, 3.8) is 0 Å². The zero-order valence-corrected chi connectivity index (χ0v) is 16.6. The molecule has 1 N–H and O–H groups in total. The van der Waals surface area contributed by atoms with Crippen LogP contribution in [0.25, 0.3) is 0 Å². The van der Waals surface area contributed by atoms with Gasteiger partial charge in [-0.05, 0) is 18.1 Å². The van der Waals surface area contributed by atoms with Crippen LogP contribution >= 0.6 is 11.3 Å². The molecule has 1 atom stereocenters. The van der Waals surface area contributed by atoms with E-state index in [1.165, 1.54) is 11.3 Å². The average molecular weight is 402 g/mol.